The van der Waals surface area contributed by atoms with E-state index in [0.717, 1.165) is 135 Å². The van der Waals surface area contributed by atoms with E-state index < -0.39 is 67.3 Å². The standard InChI is InChI=1S/C67H114O12/c1-4-7-10-13-16-19-22-25-28-29-30-31-34-35-38-41-44-47-50-53-59(68)75-56-58(77-60(69)54-51-48-45-42-39-36-32-26-23-20-17-14-11-8-5-2)57-76-67-65(63(72)62(71)64(79-67)66(73)74)78-61(70)55-52-49-46-43-40-37-33-27-24-21-18-15-12-9-6-3/h7,10,16-17,19-20,25-26,28,30-32,58,62-65,67,71-72H,4-6,8-9,11-15,18,21-24,27,29,33-57H2,1-3H3,(H,73,74)/b10-7-,19-16-,20-17-,28-25-,31-30-,32-26-. The van der Waals surface area contributed by atoms with Crippen molar-refractivity contribution in [2.24, 2.45) is 0 Å². The lowest BCUT2D eigenvalue weighted by molar-refractivity contribution is -0.301. The molecule has 1 rings (SSSR count). The van der Waals surface area contributed by atoms with Crippen LogP contribution < -0.4 is 0 Å². The zero-order chi connectivity index (χ0) is 57.5. The molecule has 79 heavy (non-hydrogen) atoms. The third kappa shape index (κ3) is 44.5. The van der Waals surface area contributed by atoms with Gasteiger partial charge in [0.05, 0.1) is 6.61 Å². The highest BCUT2D eigenvalue weighted by Crippen LogP contribution is 2.27. The molecule has 1 aliphatic heterocycles. The van der Waals surface area contributed by atoms with E-state index in [1.807, 2.05) is 0 Å². The van der Waals surface area contributed by atoms with Gasteiger partial charge in [-0.1, -0.05) is 241 Å². The lowest BCUT2D eigenvalue weighted by Gasteiger charge is -2.40. The van der Waals surface area contributed by atoms with Crippen LogP contribution in [0.25, 0.3) is 0 Å². The Labute approximate surface area is 480 Å². The number of carboxylic acid groups (broad SMARTS) is 1. The molecular formula is C67H114O12. The second-order valence-electron chi connectivity index (χ2n) is 21.7. The average molecular weight is 1110 g/mol. The summed E-state index contributed by atoms with van der Waals surface area (Å²) < 4.78 is 28.5. The van der Waals surface area contributed by atoms with Crippen LogP contribution in [0.1, 0.15) is 278 Å². The van der Waals surface area contributed by atoms with Crippen LogP contribution in [0, 0.1) is 0 Å². The van der Waals surface area contributed by atoms with Crippen LogP contribution in [-0.2, 0) is 42.9 Å². The normalized spacial score (nSPS) is 18.3. The maximum atomic E-state index is 13.2. The molecule has 0 saturated carbocycles. The molecule has 0 aromatic heterocycles. The predicted octanol–water partition coefficient (Wildman–Crippen LogP) is 16.9. The van der Waals surface area contributed by atoms with Crippen molar-refractivity contribution < 1.29 is 58.2 Å². The number of carbonyl (C=O) groups excluding carboxylic acids is 3. The molecule has 1 heterocycles. The summed E-state index contributed by atoms with van der Waals surface area (Å²) in [6.07, 6.45) is 57.1. The third-order valence-corrected chi connectivity index (χ3v) is 14.3. The van der Waals surface area contributed by atoms with Crippen LogP contribution in [0.4, 0.5) is 0 Å². The minimum absolute atomic E-state index is 0.0592. The predicted molar refractivity (Wildman–Crippen MR) is 322 cm³/mol. The van der Waals surface area contributed by atoms with Crippen molar-refractivity contribution in [1.82, 2.24) is 0 Å². The van der Waals surface area contributed by atoms with E-state index in [-0.39, 0.29) is 25.9 Å². The maximum absolute atomic E-state index is 13.2. The number of carboxylic acids is 1. The van der Waals surface area contributed by atoms with Gasteiger partial charge < -0.3 is 39.0 Å². The molecule has 1 aliphatic rings. The van der Waals surface area contributed by atoms with Crippen LogP contribution >= 0.6 is 0 Å². The molecule has 0 aromatic carbocycles. The summed E-state index contributed by atoms with van der Waals surface area (Å²) in [5.74, 6) is -3.14. The Morgan fingerprint density at radius 2 is 0.797 bits per heavy atom. The summed E-state index contributed by atoms with van der Waals surface area (Å²) in [6.45, 7) is 5.86. The number of hydrogen-bond acceptors (Lipinski definition) is 11. The SMILES string of the molecule is CC/C=C\C/C=C\C/C=C\C/C=C\CCCCCCCCC(=O)OCC(COC1OC(C(=O)O)C(O)C(O)C1OC(=O)CCCCCCCCCCCCCCCCC)OC(=O)CCCCCCC/C=C\C/C=C\CCCCC. The largest absolute Gasteiger partial charge is 0.479 e. The second-order valence-corrected chi connectivity index (χ2v) is 21.7. The first kappa shape index (κ1) is 73.2. The van der Waals surface area contributed by atoms with E-state index in [4.69, 9.17) is 23.7 Å². The van der Waals surface area contributed by atoms with Crippen LogP contribution in [0.15, 0.2) is 72.9 Å². The fraction of sp³-hybridized carbons (Fsp3) is 0.761. The van der Waals surface area contributed by atoms with E-state index in [1.165, 1.54) is 83.5 Å². The number of aliphatic hydroxyl groups excluding tert-OH is 2. The number of hydrogen-bond donors (Lipinski definition) is 3. The molecule has 6 unspecified atom stereocenters. The first-order valence-corrected chi connectivity index (χ1v) is 31.9. The molecule has 0 aromatic rings. The van der Waals surface area contributed by atoms with Gasteiger partial charge in [0.1, 0.15) is 18.8 Å². The Bertz CT molecular complexity index is 1650. The van der Waals surface area contributed by atoms with Crippen molar-refractivity contribution in [3.8, 4) is 0 Å². The summed E-state index contributed by atoms with van der Waals surface area (Å²) >= 11 is 0. The lowest BCUT2D eigenvalue weighted by atomic mass is 9.98. The summed E-state index contributed by atoms with van der Waals surface area (Å²) in [7, 11) is 0. The molecule has 12 heteroatoms. The summed E-state index contributed by atoms with van der Waals surface area (Å²) in [5, 5.41) is 31.6. The van der Waals surface area contributed by atoms with Gasteiger partial charge >= 0.3 is 23.9 Å². The first-order chi connectivity index (χ1) is 38.6. The van der Waals surface area contributed by atoms with E-state index in [9.17, 15) is 34.5 Å². The molecule has 454 valence electrons. The number of carbonyl (C=O) groups is 4. The summed E-state index contributed by atoms with van der Waals surface area (Å²) in [5.41, 5.74) is 0. The smallest absolute Gasteiger partial charge is 0.335 e. The molecule has 1 saturated heterocycles. The van der Waals surface area contributed by atoms with E-state index in [1.54, 1.807) is 0 Å². The average Bonchev–Trinajstić information content (AvgIpc) is 3.46. The maximum Gasteiger partial charge on any atom is 0.335 e. The molecule has 3 N–H and O–H groups in total. The van der Waals surface area contributed by atoms with Crippen molar-refractivity contribution in [2.75, 3.05) is 13.2 Å². The van der Waals surface area contributed by atoms with Crippen molar-refractivity contribution in [2.45, 2.75) is 314 Å². The second kappa shape index (κ2) is 54.7. The monoisotopic (exact) mass is 1110 g/mol. The number of aliphatic hydroxyl groups is 2. The van der Waals surface area contributed by atoms with Gasteiger partial charge in [0.2, 0.25) is 0 Å². The highest BCUT2D eigenvalue weighted by atomic mass is 16.7. The van der Waals surface area contributed by atoms with Gasteiger partial charge in [-0.15, -0.1) is 0 Å². The number of aliphatic carboxylic acids is 1. The van der Waals surface area contributed by atoms with Crippen molar-refractivity contribution in [3.63, 3.8) is 0 Å². The van der Waals surface area contributed by atoms with Crippen LogP contribution in [0.5, 0.6) is 0 Å². The quantitative estimate of drug-likeness (QED) is 0.0228. The van der Waals surface area contributed by atoms with Gasteiger partial charge in [-0.05, 0) is 89.9 Å². The van der Waals surface area contributed by atoms with E-state index >= 15 is 0 Å². The molecule has 12 nitrogen and oxygen atoms in total. The Hall–Kier alpha value is -3.84. The number of allylic oxidation sites excluding steroid dienone is 12. The van der Waals surface area contributed by atoms with Gasteiger partial charge in [0, 0.05) is 19.3 Å². The summed E-state index contributed by atoms with van der Waals surface area (Å²) in [6, 6.07) is 0. The Morgan fingerprint density at radius 1 is 0.430 bits per heavy atom. The zero-order valence-electron chi connectivity index (χ0n) is 50.1. The molecule has 0 amide bonds. The van der Waals surface area contributed by atoms with Gasteiger partial charge in [-0.3, -0.25) is 14.4 Å². The van der Waals surface area contributed by atoms with Crippen molar-refractivity contribution >= 4 is 23.9 Å². The van der Waals surface area contributed by atoms with Gasteiger partial charge in [-0.25, -0.2) is 4.79 Å². The van der Waals surface area contributed by atoms with Crippen LogP contribution in [0.3, 0.4) is 0 Å². The molecule has 0 aliphatic carbocycles. The minimum atomic E-state index is -1.91. The summed E-state index contributed by atoms with van der Waals surface area (Å²) in [4.78, 5) is 51.3. The van der Waals surface area contributed by atoms with E-state index in [0.29, 0.717) is 19.3 Å². The van der Waals surface area contributed by atoms with Gasteiger partial charge in [-0.2, -0.15) is 0 Å². The van der Waals surface area contributed by atoms with Crippen LogP contribution in [0.2, 0.25) is 0 Å². The fourth-order valence-electron chi connectivity index (χ4n) is 9.39. The van der Waals surface area contributed by atoms with Gasteiger partial charge in [0.15, 0.2) is 24.6 Å². The molecule has 6 atom stereocenters. The van der Waals surface area contributed by atoms with Crippen molar-refractivity contribution in [1.29, 1.82) is 0 Å². The lowest BCUT2D eigenvalue weighted by Crippen LogP contribution is -2.61. The Balaban J connectivity index is 2.68. The Morgan fingerprint density at radius 3 is 1.24 bits per heavy atom. The molecule has 0 radical (unpaired) electrons. The van der Waals surface area contributed by atoms with Gasteiger partial charge in [0.25, 0.3) is 0 Å². The zero-order valence-corrected chi connectivity index (χ0v) is 50.1. The Kier molecular flexibility index (Phi) is 50.7. The van der Waals surface area contributed by atoms with Crippen LogP contribution in [-0.4, -0.2) is 89.2 Å². The minimum Gasteiger partial charge on any atom is -0.479 e. The number of esters is 3. The number of unbranched alkanes of at least 4 members (excludes halogenated alkanes) is 28. The van der Waals surface area contributed by atoms with Crippen molar-refractivity contribution in [3.05, 3.63) is 72.9 Å². The molecular weight excluding hydrogens is 997 g/mol. The highest BCUT2D eigenvalue weighted by molar-refractivity contribution is 5.74. The first-order valence-electron chi connectivity index (χ1n) is 31.9. The highest BCUT2D eigenvalue weighted by Gasteiger charge is 2.50. The number of ether oxygens (including phenoxy) is 5. The fourth-order valence-corrected chi connectivity index (χ4v) is 9.39. The molecule has 0 spiro atoms. The molecule has 0 bridgehead atoms. The number of rotatable bonds is 54. The topological polar surface area (TPSA) is 175 Å². The third-order valence-electron chi connectivity index (χ3n) is 14.3. The van der Waals surface area contributed by atoms with E-state index in [2.05, 4.69) is 93.7 Å². The molecule has 1 fully saturated rings.